The number of hydrogen-bond donors (Lipinski definition) is 0. The van der Waals surface area contributed by atoms with Crippen LogP contribution in [0.5, 0.6) is 23.0 Å². The van der Waals surface area contributed by atoms with Gasteiger partial charge < -0.3 is 18.9 Å². The summed E-state index contributed by atoms with van der Waals surface area (Å²) in [4.78, 5) is 13.1. The van der Waals surface area contributed by atoms with Gasteiger partial charge in [0.15, 0.2) is 28.8 Å². The molecule has 0 spiro atoms. The Balaban J connectivity index is 1.91. The zero-order valence-electron chi connectivity index (χ0n) is 18.6. The molecule has 2 aromatic rings. The number of halogens is 2. The normalized spacial score (nSPS) is 16.0. The lowest BCUT2D eigenvalue weighted by atomic mass is 10.1. The molecule has 0 amide bonds. The lowest BCUT2D eigenvalue weighted by Gasteiger charge is -2.12. The standard InChI is InChI=1S/C25H26Br2O5/c1-5-31-21-13-15(11-19(26)24(21)29-3)9-17-7-8-18(23(17)28)10-16-12-20(27)25(30-4)22(14-16)32-6-2/h9-14H,5-8H2,1-4H3/b17-9-,18-10+. The summed E-state index contributed by atoms with van der Waals surface area (Å²) in [6.45, 7) is 4.89. The highest BCUT2D eigenvalue weighted by Gasteiger charge is 2.24. The number of ether oxygens (including phenoxy) is 4. The molecule has 0 bridgehead atoms. The highest BCUT2D eigenvalue weighted by Crippen LogP contribution is 2.40. The van der Waals surface area contributed by atoms with Crippen LogP contribution in [0.25, 0.3) is 12.2 Å². The van der Waals surface area contributed by atoms with E-state index in [4.69, 9.17) is 18.9 Å². The first-order valence-electron chi connectivity index (χ1n) is 10.4. The Hall–Kier alpha value is -2.25. The van der Waals surface area contributed by atoms with Crippen LogP contribution >= 0.6 is 31.9 Å². The summed E-state index contributed by atoms with van der Waals surface area (Å²) in [6.07, 6.45) is 5.22. The van der Waals surface area contributed by atoms with Gasteiger partial charge in [-0.15, -0.1) is 0 Å². The molecule has 32 heavy (non-hydrogen) atoms. The predicted molar refractivity (Wildman–Crippen MR) is 134 cm³/mol. The number of allylic oxidation sites excluding steroid dienone is 2. The maximum atomic E-state index is 13.1. The van der Waals surface area contributed by atoms with Crippen molar-refractivity contribution in [3.05, 3.63) is 55.5 Å². The highest BCUT2D eigenvalue weighted by atomic mass is 79.9. The number of hydrogen-bond acceptors (Lipinski definition) is 5. The van der Waals surface area contributed by atoms with Gasteiger partial charge in [0.25, 0.3) is 0 Å². The topological polar surface area (TPSA) is 54.0 Å². The van der Waals surface area contributed by atoms with Crippen molar-refractivity contribution in [1.29, 1.82) is 0 Å². The van der Waals surface area contributed by atoms with Crippen LogP contribution in [-0.4, -0.2) is 33.2 Å². The van der Waals surface area contributed by atoms with E-state index in [1.807, 2.05) is 50.3 Å². The molecule has 170 valence electrons. The smallest absolute Gasteiger partial charge is 0.185 e. The molecule has 1 aliphatic rings. The van der Waals surface area contributed by atoms with Crippen molar-refractivity contribution in [3.63, 3.8) is 0 Å². The minimum Gasteiger partial charge on any atom is -0.492 e. The third-order valence-electron chi connectivity index (χ3n) is 5.00. The quantitative estimate of drug-likeness (QED) is 0.327. The first-order valence-corrected chi connectivity index (χ1v) is 12.0. The largest absolute Gasteiger partial charge is 0.492 e. The number of benzene rings is 2. The summed E-state index contributed by atoms with van der Waals surface area (Å²) >= 11 is 7.06. The molecule has 2 aromatic carbocycles. The molecule has 5 nitrogen and oxygen atoms in total. The van der Waals surface area contributed by atoms with Gasteiger partial charge in [-0.3, -0.25) is 4.79 Å². The lowest BCUT2D eigenvalue weighted by molar-refractivity contribution is -0.111. The SMILES string of the molecule is CCOc1cc(/C=C2/CC/C(=C\c3cc(Br)c(OC)c(OCC)c3)C2=O)cc(Br)c1OC. The highest BCUT2D eigenvalue weighted by molar-refractivity contribution is 9.11. The fourth-order valence-electron chi connectivity index (χ4n) is 3.65. The fourth-order valence-corrected chi connectivity index (χ4v) is 4.89. The molecule has 0 unspecified atom stereocenters. The number of Topliss-reactive ketones (excluding diaryl/α,β-unsaturated/α-hetero) is 1. The average Bonchev–Trinajstić information content (AvgIpc) is 3.07. The summed E-state index contributed by atoms with van der Waals surface area (Å²) in [5, 5.41) is 0. The molecule has 1 fully saturated rings. The van der Waals surface area contributed by atoms with Gasteiger partial charge in [0.05, 0.1) is 36.4 Å². The number of rotatable bonds is 8. The maximum absolute atomic E-state index is 13.1. The lowest BCUT2D eigenvalue weighted by Crippen LogP contribution is -1.99. The van der Waals surface area contributed by atoms with Crippen LogP contribution in [0.15, 0.2) is 44.4 Å². The van der Waals surface area contributed by atoms with E-state index in [2.05, 4.69) is 31.9 Å². The monoisotopic (exact) mass is 564 g/mol. The summed E-state index contributed by atoms with van der Waals surface area (Å²) in [5.74, 6) is 2.62. The van der Waals surface area contributed by atoms with E-state index in [9.17, 15) is 4.79 Å². The maximum Gasteiger partial charge on any atom is 0.185 e. The third kappa shape index (κ3) is 5.38. The molecular formula is C25H26Br2O5. The molecule has 3 rings (SSSR count). The summed E-state index contributed by atoms with van der Waals surface area (Å²) in [7, 11) is 3.21. The number of carbonyl (C=O) groups excluding carboxylic acids is 1. The Morgan fingerprint density at radius 2 is 1.19 bits per heavy atom. The second-order valence-corrected chi connectivity index (χ2v) is 8.81. The van der Waals surface area contributed by atoms with Gasteiger partial charge in [-0.25, -0.2) is 0 Å². The van der Waals surface area contributed by atoms with E-state index in [1.54, 1.807) is 14.2 Å². The van der Waals surface area contributed by atoms with Crippen LogP contribution in [0.4, 0.5) is 0 Å². The molecule has 0 aromatic heterocycles. The van der Waals surface area contributed by atoms with Gasteiger partial charge >= 0.3 is 0 Å². The fraction of sp³-hybridized carbons (Fsp3) is 0.320. The van der Waals surface area contributed by atoms with Crippen LogP contribution in [0.3, 0.4) is 0 Å². The molecule has 0 N–H and O–H groups in total. The first-order chi connectivity index (χ1) is 15.4. The minimum absolute atomic E-state index is 0.0554. The van der Waals surface area contributed by atoms with E-state index >= 15 is 0 Å². The van der Waals surface area contributed by atoms with Gasteiger partial charge in [0.1, 0.15) is 0 Å². The zero-order valence-corrected chi connectivity index (χ0v) is 21.8. The predicted octanol–water partition coefficient (Wildman–Crippen LogP) is 6.86. The van der Waals surface area contributed by atoms with E-state index in [0.717, 1.165) is 31.2 Å². The molecule has 0 aliphatic heterocycles. The second-order valence-electron chi connectivity index (χ2n) is 7.10. The molecule has 0 saturated heterocycles. The molecule has 7 heteroatoms. The van der Waals surface area contributed by atoms with Crippen molar-refractivity contribution >= 4 is 49.8 Å². The number of methoxy groups -OCH3 is 2. The second kappa shape index (κ2) is 11.1. The van der Waals surface area contributed by atoms with Crippen molar-refractivity contribution in [3.8, 4) is 23.0 Å². The summed E-state index contributed by atoms with van der Waals surface area (Å²) in [5.41, 5.74) is 3.31. The Morgan fingerprint density at radius 3 is 1.53 bits per heavy atom. The third-order valence-corrected chi connectivity index (χ3v) is 6.18. The number of ketones is 1. The van der Waals surface area contributed by atoms with E-state index in [1.165, 1.54) is 0 Å². The van der Waals surface area contributed by atoms with Crippen molar-refractivity contribution in [2.45, 2.75) is 26.7 Å². The molecule has 0 heterocycles. The van der Waals surface area contributed by atoms with E-state index in [0.29, 0.717) is 49.1 Å². The van der Waals surface area contributed by atoms with Crippen LogP contribution in [-0.2, 0) is 4.79 Å². The zero-order chi connectivity index (χ0) is 23.3. The van der Waals surface area contributed by atoms with Crippen molar-refractivity contribution in [1.82, 2.24) is 0 Å². The Labute approximate surface area is 205 Å². The van der Waals surface area contributed by atoms with Crippen LogP contribution < -0.4 is 18.9 Å². The van der Waals surface area contributed by atoms with Crippen molar-refractivity contribution in [2.75, 3.05) is 27.4 Å². The average molecular weight is 566 g/mol. The van der Waals surface area contributed by atoms with E-state index < -0.39 is 0 Å². The van der Waals surface area contributed by atoms with Gasteiger partial charge in [-0.2, -0.15) is 0 Å². The molecule has 1 aliphatic carbocycles. The van der Waals surface area contributed by atoms with Crippen molar-refractivity contribution < 1.29 is 23.7 Å². The van der Waals surface area contributed by atoms with Crippen molar-refractivity contribution in [2.24, 2.45) is 0 Å². The van der Waals surface area contributed by atoms with Gasteiger partial charge in [-0.05, 0) is 106 Å². The Kier molecular flexibility index (Phi) is 8.43. The first kappa shape index (κ1) is 24.4. The van der Waals surface area contributed by atoms with Crippen LogP contribution in [0, 0.1) is 0 Å². The van der Waals surface area contributed by atoms with E-state index in [-0.39, 0.29) is 5.78 Å². The van der Waals surface area contributed by atoms with Gasteiger partial charge in [0.2, 0.25) is 0 Å². The van der Waals surface area contributed by atoms with Gasteiger partial charge in [0, 0.05) is 11.1 Å². The Morgan fingerprint density at radius 1 is 0.781 bits per heavy atom. The Bertz CT molecular complexity index is 989. The summed E-state index contributed by atoms with van der Waals surface area (Å²) in [6, 6.07) is 7.64. The van der Waals surface area contributed by atoms with Crippen LogP contribution in [0.2, 0.25) is 0 Å². The molecular weight excluding hydrogens is 540 g/mol. The number of carbonyl (C=O) groups is 1. The molecule has 1 saturated carbocycles. The molecule has 0 atom stereocenters. The van der Waals surface area contributed by atoms with Gasteiger partial charge in [-0.1, -0.05) is 0 Å². The molecule has 0 radical (unpaired) electrons. The van der Waals surface area contributed by atoms with Crippen LogP contribution in [0.1, 0.15) is 37.8 Å². The summed E-state index contributed by atoms with van der Waals surface area (Å²) < 4.78 is 23.8. The minimum atomic E-state index is 0.0554.